The van der Waals surface area contributed by atoms with E-state index in [1.165, 1.54) is 4.90 Å². The highest BCUT2D eigenvalue weighted by Crippen LogP contribution is 2.12. The maximum absolute atomic E-state index is 11.7. The highest BCUT2D eigenvalue weighted by Gasteiger charge is 2.09. The molecule has 0 heterocycles. The second-order valence-corrected chi connectivity index (χ2v) is 4.08. The van der Waals surface area contributed by atoms with E-state index in [1.54, 1.807) is 14.2 Å². The number of rotatable bonds is 6. The summed E-state index contributed by atoms with van der Waals surface area (Å²) in [6, 6.07) is 7.07. The Kier molecular flexibility index (Phi) is 5.66. The van der Waals surface area contributed by atoms with Crippen LogP contribution in [0.3, 0.4) is 0 Å². The summed E-state index contributed by atoms with van der Waals surface area (Å²) in [6.45, 7) is 0.548. The number of hydrogen-bond acceptors (Lipinski definition) is 3. The lowest BCUT2D eigenvalue weighted by atomic mass is 10.2. The van der Waals surface area contributed by atoms with Crippen LogP contribution in [0, 0.1) is 0 Å². The molecular weight excluding hydrogens is 248 g/mol. The van der Waals surface area contributed by atoms with Crippen LogP contribution in [-0.4, -0.2) is 42.7 Å². The van der Waals surface area contributed by atoms with Gasteiger partial charge in [-0.05, 0) is 17.7 Å². The molecule has 0 saturated carbocycles. The Hall–Kier alpha value is -2.24. The Morgan fingerprint density at radius 1 is 1.42 bits per heavy atom. The Morgan fingerprint density at radius 3 is 2.79 bits per heavy atom. The zero-order chi connectivity index (χ0) is 14.3. The lowest BCUT2D eigenvalue weighted by molar-refractivity contribution is -0.137. The van der Waals surface area contributed by atoms with Gasteiger partial charge in [-0.3, -0.25) is 4.79 Å². The van der Waals surface area contributed by atoms with Gasteiger partial charge in [-0.15, -0.1) is 0 Å². The van der Waals surface area contributed by atoms with Gasteiger partial charge in [-0.25, -0.2) is 4.79 Å². The second-order valence-electron chi connectivity index (χ2n) is 4.08. The summed E-state index contributed by atoms with van der Waals surface area (Å²) < 4.78 is 5.09. The van der Waals surface area contributed by atoms with Gasteiger partial charge in [0.05, 0.1) is 13.5 Å². The third kappa shape index (κ3) is 5.29. The molecule has 104 valence electrons. The van der Waals surface area contributed by atoms with E-state index < -0.39 is 5.97 Å². The fourth-order valence-electron chi connectivity index (χ4n) is 1.46. The summed E-state index contributed by atoms with van der Waals surface area (Å²) in [5.41, 5.74) is 0.916. The van der Waals surface area contributed by atoms with Gasteiger partial charge >= 0.3 is 12.0 Å². The molecule has 6 heteroatoms. The van der Waals surface area contributed by atoms with Crippen LogP contribution >= 0.6 is 0 Å². The topological polar surface area (TPSA) is 78.9 Å². The molecule has 0 spiro atoms. The molecule has 1 aromatic carbocycles. The molecule has 0 atom stereocenters. The Bertz CT molecular complexity index is 448. The first-order chi connectivity index (χ1) is 9.02. The third-order valence-electron chi connectivity index (χ3n) is 2.59. The average Bonchev–Trinajstić information content (AvgIpc) is 2.42. The first kappa shape index (κ1) is 14.8. The molecule has 0 fully saturated rings. The summed E-state index contributed by atoms with van der Waals surface area (Å²) in [7, 11) is 3.14. The number of ether oxygens (including phenoxy) is 1. The second kappa shape index (κ2) is 7.25. The van der Waals surface area contributed by atoms with Crippen LogP contribution in [0.4, 0.5) is 4.79 Å². The van der Waals surface area contributed by atoms with E-state index in [0.717, 1.165) is 11.3 Å². The van der Waals surface area contributed by atoms with Gasteiger partial charge < -0.3 is 20.1 Å². The van der Waals surface area contributed by atoms with Crippen molar-refractivity contribution in [2.45, 2.75) is 13.0 Å². The number of nitrogens with zero attached hydrogens (tertiary/aromatic N) is 1. The van der Waals surface area contributed by atoms with Crippen LogP contribution in [-0.2, 0) is 11.3 Å². The van der Waals surface area contributed by atoms with Crippen LogP contribution in [0.1, 0.15) is 12.0 Å². The van der Waals surface area contributed by atoms with Gasteiger partial charge in [0.25, 0.3) is 0 Å². The van der Waals surface area contributed by atoms with E-state index in [0.29, 0.717) is 6.54 Å². The SMILES string of the molecule is COc1cccc(CNC(=O)N(C)CCC(=O)O)c1. The van der Waals surface area contributed by atoms with Crippen molar-refractivity contribution < 1.29 is 19.4 Å². The van der Waals surface area contributed by atoms with Gasteiger partial charge in [-0.1, -0.05) is 12.1 Å². The summed E-state index contributed by atoms with van der Waals surface area (Å²) in [6.07, 6.45) is -0.0664. The van der Waals surface area contributed by atoms with Crippen molar-refractivity contribution >= 4 is 12.0 Å². The smallest absolute Gasteiger partial charge is 0.317 e. The maximum Gasteiger partial charge on any atom is 0.317 e. The van der Waals surface area contributed by atoms with Crippen molar-refractivity contribution in [3.05, 3.63) is 29.8 Å². The molecule has 0 aliphatic heterocycles. The number of carbonyl (C=O) groups excluding carboxylic acids is 1. The first-order valence-corrected chi connectivity index (χ1v) is 5.86. The Morgan fingerprint density at radius 2 is 2.16 bits per heavy atom. The van der Waals surface area contributed by atoms with Crippen molar-refractivity contribution in [2.75, 3.05) is 20.7 Å². The van der Waals surface area contributed by atoms with Crippen molar-refractivity contribution in [3.63, 3.8) is 0 Å². The van der Waals surface area contributed by atoms with Crippen LogP contribution in [0.5, 0.6) is 5.75 Å². The standard InChI is InChI=1S/C13H18N2O4/c1-15(7-6-12(16)17)13(18)14-9-10-4-3-5-11(8-10)19-2/h3-5,8H,6-7,9H2,1-2H3,(H,14,18)(H,16,17). The monoisotopic (exact) mass is 266 g/mol. The highest BCUT2D eigenvalue weighted by atomic mass is 16.5. The van der Waals surface area contributed by atoms with Gasteiger partial charge in [0.2, 0.25) is 0 Å². The van der Waals surface area contributed by atoms with Crippen molar-refractivity contribution in [1.82, 2.24) is 10.2 Å². The number of benzene rings is 1. The molecule has 1 aromatic rings. The predicted octanol–water partition coefficient (Wildman–Crippen LogP) is 1.31. The van der Waals surface area contributed by atoms with Crippen LogP contribution in [0.2, 0.25) is 0 Å². The van der Waals surface area contributed by atoms with Crippen molar-refractivity contribution in [3.8, 4) is 5.75 Å². The number of amides is 2. The van der Waals surface area contributed by atoms with Gasteiger partial charge in [0.15, 0.2) is 0 Å². The van der Waals surface area contributed by atoms with Crippen molar-refractivity contribution in [1.29, 1.82) is 0 Å². The summed E-state index contributed by atoms with van der Waals surface area (Å²) in [4.78, 5) is 23.4. The Labute approximate surface area is 112 Å². The van der Waals surface area contributed by atoms with Crippen molar-refractivity contribution in [2.24, 2.45) is 0 Å². The first-order valence-electron chi connectivity index (χ1n) is 5.86. The number of hydrogen-bond donors (Lipinski definition) is 2. The molecule has 0 radical (unpaired) electrons. The third-order valence-corrected chi connectivity index (χ3v) is 2.59. The Balaban J connectivity index is 2.42. The van der Waals surface area contributed by atoms with Gasteiger partial charge in [-0.2, -0.15) is 0 Å². The van der Waals surface area contributed by atoms with E-state index in [4.69, 9.17) is 9.84 Å². The number of nitrogens with one attached hydrogen (secondary N) is 1. The van der Waals surface area contributed by atoms with E-state index in [-0.39, 0.29) is 19.0 Å². The number of methoxy groups -OCH3 is 1. The molecule has 0 unspecified atom stereocenters. The molecule has 0 aliphatic carbocycles. The average molecular weight is 266 g/mol. The lowest BCUT2D eigenvalue weighted by Gasteiger charge is -2.17. The van der Waals surface area contributed by atoms with Crippen LogP contribution < -0.4 is 10.1 Å². The fraction of sp³-hybridized carbons (Fsp3) is 0.385. The number of aliphatic carboxylic acids is 1. The molecule has 2 amide bonds. The molecule has 0 aliphatic rings. The largest absolute Gasteiger partial charge is 0.497 e. The quantitative estimate of drug-likeness (QED) is 0.813. The molecule has 0 saturated heterocycles. The normalized spacial score (nSPS) is 9.79. The molecule has 6 nitrogen and oxygen atoms in total. The highest BCUT2D eigenvalue weighted by molar-refractivity contribution is 5.75. The lowest BCUT2D eigenvalue weighted by Crippen LogP contribution is -2.37. The summed E-state index contributed by atoms with van der Waals surface area (Å²) >= 11 is 0. The molecule has 2 N–H and O–H groups in total. The summed E-state index contributed by atoms with van der Waals surface area (Å²) in [5.74, 6) is -0.196. The predicted molar refractivity (Wildman–Crippen MR) is 70.1 cm³/mol. The maximum atomic E-state index is 11.7. The number of carbonyl (C=O) groups is 2. The van der Waals surface area contributed by atoms with E-state index >= 15 is 0 Å². The minimum absolute atomic E-state index is 0.0664. The molecule has 19 heavy (non-hydrogen) atoms. The van der Waals surface area contributed by atoms with E-state index in [2.05, 4.69) is 5.32 Å². The van der Waals surface area contributed by atoms with Gasteiger partial charge in [0, 0.05) is 20.1 Å². The number of carboxylic acids is 1. The summed E-state index contributed by atoms with van der Waals surface area (Å²) in [5, 5.41) is 11.2. The fourth-order valence-corrected chi connectivity index (χ4v) is 1.46. The molecule has 0 aromatic heterocycles. The van der Waals surface area contributed by atoms with E-state index in [1.807, 2.05) is 24.3 Å². The molecule has 1 rings (SSSR count). The van der Waals surface area contributed by atoms with E-state index in [9.17, 15) is 9.59 Å². The minimum Gasteiger partial charge on any atom is -0.497 e. The molecular formula is C13H18N2O4. The molecule has 0 bridgehead atoms. The van der Waals surface area contributed by atoms with Crippen LogP contribution in [0.25, 0.3) is 0 Å². The number of carboxylic acid groups (broad SMARTS) is 1. The zero-order valence-electron chi connectivity index (χ0n) is 11.0. The van der Waals surface area contributed by atoms with Crippen LogP contribution in [0.15, 0.2) is 24.3 Å². The van der Waals surface area contributed by atoms with Gasteiger partial charge in [0.1, 0.15) is 5.75 Å². The number of urea groups is 1. The minimum atomic E-state index is -0.924. The zero-order valence-corrected chi connectivity index (χ0v) is 11.0.